The van der Waals surface area contributed by atoms with Crippen LogP contribution in [0.15, 0.2) is 18.2 Å². The van der Waals surface area contributed by atoms with E-state index in [1.165, 1.54) is 12.1 Å². The second-order valence-electron chi connectivity index (χ2n) is 3.50. The van der Waals surface area contributed by atoms with Crippen LogP contribution in [0.4, 0.5) is 5.69 Å². The van der Waals surface area contributed by atoms with E-state index in [1.54, 1.807) is 6.07 Å². The minimum Gasteiger partial charge on any atom is -0.506 e. The molecule has 0 spiro atoms. The number of carbonyl (C=O) groups excluding carboxylic acids is 1. The van der Waals surface area contributed by atoms with E-state index in [2.05, 4.69) is 5.32 Å². The third-order valence-electron chi connectivity index (χ3n) is 2.36. The predicted molar refractivity (Wildman–Crippen MR) is 64.6 cm³/mol. The second-order valence-corrected chi connectivity index (χ2v) is 3.90. The van der Waals surface area contributed by atoms with Crippen molar-refractivity contribution in [3.63, 3.8) is 0 Å². The van der Waals surface area contributed by atoms with Gasteiger partial charge in [-0.25, -0.2) is 0 Å². The fraction of sp³-hybridized carbons (Fsp3) is 0.364. The molecule has 16 heavy (non-hydrogen) atoms. The molecule has 0 aliphatic rings. The van der Waals surface area contributed by atoms with E-state index in [0.29, 0.717) is 18.7 Å². The van der Waals surface area contributed by atoms with Gasteiger partial charge in [0.05, 0.1) is 10.9 Å². The van der Waals surface area contributed by atoms with Gasteiger partial charge < -0.3 is 16.2 Å². The van der Waals surface area contributed by atoms with Gasteiger partial charge in [-0.1, -0.05) is 18.5 Å². The summed E-state index contributed by atoms with van der Waals surface area (Å²) in [6, 6.07) is 4.52. The quantitative estimate of drug-likeness (QED) is 0.707. The number of rotatable bonds is 4. The Labute approximate surface area is 99.4 Å². The number of benzene rings is 1. The molecule has 1 amide bonds. The molecule has 0 aliphatic carbocycles. The van der Waals surface area contributed by atoms with Crippen LogP contribution in [-0.4, -0.2) is 17.6 Å². The standard InChI is InChI=1S/C11H15ClN2O2/c1-2-7(6-13)11(16)14-8-3-4-10(15)9(12)5-8/h3-5,7,15H,2,6,13H2,1H3,(H,14,16). The van der Waals surface area contributed by atoms with Gasteiger partial charge in [-0.3, -0.25) is 4.79 Å². The topological polar surface area (TPSA) is 75.4 Å². The summed E-state index contributed by atoms with van der Waals surface area (Å²) in [5.41, 5.74) is 6.02. The third kappa shape index (κ3) is 3.12. The minimum absolute atomic E-state index is 0.00877. The number of amides is 1. The lowest BCUT2D eigenvalue weighted by Crippen LogP contribution is -2.28. The molecule has 0 radical (unpaired) electrons. The van der Waals surface area contributed by atoms with E-state index in [-0.39, 0.29) is 22.6 Å². The maximum absolute atomic E-state index is 11.7. The van der Waals surface area contributed by atoms with Crippen LogP contribution < -0.4 is 11.1 Å². The van der Waals surface area contributed by atoms with Gasteiger partial charge in [0.15, 0.2) is 0 Å². The number of carbonyl (C=O) groups is 1. The molecule has 0 saturated carbocycles. The van der Waals surface area contributed by atoms with E-state index >= 15 is 0 Å². The fourth-order valence-electron chi connectivity index (χ4n) is 1.29. The molecule has 1 aromatic carbocycles. The van der Waals surface area contributed by atoms with Crippen LogP contribution in [0, 0.1) is 5.92 Å². The number of nitrogens with two attached hydrogens (primary N) is 1. The zero-order valence-electron chi connectivity index (χ0n) is 9.03. The highest BCUT2D eigenvalue weighted by molar-refractivity contribution is 6.32. The highest BCUT2D eigenvalue weighted by Crippen LogP contribution is 2.26. The fourth-order valence-corrected chi connectivity index (χ4v) is 1.47. The molecular formula is C11H15ClN2O2. The summed E-state index contributed by atoms with van der Waals surface area (Å²) in [5.74, 6) is -0.343. The van der Waals surface area contributed by atoms with Crippen LogP contribution >= 0.6 is 11.6 Å². The summed E-state index contributed by atoms with van der Waals surface area (Å²) in [6.45, 7) is 2.22. The summed E-state index contributed by atoms with van der Waals surface area (Å²) >= 11 is 5.72. The third-order valence-corrected chi connectivity index (χ3v) is 2.67. The molecule has 1 unspecified atom stereocenters. The molecule has 0 fully saturated rings. The first-order valence-electron chi connectivity index (χ1n) is 5.08. The van der Waals surface area contributed by atoms with Crippen molar-refractivity contribution in [2.24, 2.45) is 11.7 Å². The largest absolute Gasteiger partial charge is 0.506 e. The number of halogens is 1. The van der Waals surface area contributed by atoms with Crippen molar-refractivity contribution in [3.8, 4) is 5.75 Å². The average molecular weight is 243 g/mol. The van der Waals surface area contributed by atoms with Gasteiger partial charge in [0.2, 0.25) is 5.91 Å². The molecule has 0 saturated heterocycles. The zero-order valence-corrected chi connectivity index (χ0v) is 9.79. The Morgan fingerprint density at radius 3 is 2.81 bits per heavy atom. The molecule has 5 heteroatoms. The number of phenols is 1. The van der Waals surface area contributed by atoms with E-state index in [1.807, 2.05) is 6.92 Å². The number of hydrogen-bond donors (Lipinski definition) is 3. The van der Waals surface area contributed by atoms with E-state index < -0.39 is 0 Å². The number of hydrogen-bond acceptors (Lipinski definition) is 3. The van der Waals surface area contributed by atoms with Crippen LogP contribution in [-0.2, 0) is 4.79 Å². The van der Waals surface area contributed by atoms with E-state index in [0.717, 1.165) is 0 Å². The van der Waals surface area contributed by atoms with Gasteiger partial charge in [0, 0.05) is 12.2 Å². The number of anilines is 1. The molecule has 1 atom stereocenters. The highest BCUT2D eigenvalue weighted by atomic mass is 35.5. The first-order valence-corrected chi connectivity index (χ1v) is 5.45. The Morgan fingerprint density at radius 1 is 1.62 bits per heavy atom. The van der Waals surface area contributed by atoms with Crippen molar-refractivity contribution in [1.82, 2.24) is 0 Å². The molecule has 0 aliphatic heterocycles. The molecule has 1 rings (SSSR count). The number of nitrogens with one attached hydrogen (secondary N) is 1. The average Bonchev–Trinajstić information content (AvgIpc) is 2.25. The van der Waals surface area contributed by atoms with Gasteiger partial charge >= 0.3 is 0 Å². The van der Waals surface area contributed by atoms with E-state index in [4.69, 9.17) is 17.3 Å². The summed E-state index contributed by atoms with van der Waals surface area (Å²) in [6.07, 6.45) is 0.689. The molecule has 4 N–H and O–H groups in total. The molecule has 88 valence electrons. The summed E-state index contributed by atoms with van der Waals surface area (Å²) in [5, 5.41) is 12.1. The Hall–Kier alpha value is -1.26. The lowest BCUT2D eigenvalue weighted by Gasteiger charge is -2.12. The maximum Gasteiger partial charge on any atom is 0.228 e. The molecule has 0 heterocycles. The number of phenolic OH excluding ortho intramolecular Hbond substituents is 1. The van der Waals surface area contributed by atoms with Crippen molar-refractivity contribution in [1.29, 1.82) is 0 Å². The first kappa shape index (κ1) is 12.8. The van der Waals surface area contributed by atoms with Gasteiger partial charge in [0.1, 0.15) is 5.75 Å². The Balaban J connectivity index is 2.73. The van der Waals surface area contributed by atoms with Crippen LogP contribution in [0.5, 0.6) is 5.75 Å². The lowest BCUT2D eigenvalue weighted by atomic mass is 10.1. The number of aromatic hydroxyl groups is 1. The van der Waals surface area contributed by atoms with Crippen molar-refractivity contribution in [2.75, 3.05) is 11.9 Å². The van der Waals surface area contributed by atoms with Crippen LogP contribution in [0.2, 0.25) is 5.02 Å². The van der Waals surface area contributed by atoms with Gasteiger partial charge in [-0.15, -0.1) is 0 Å². The SMILES string of the molecule is CCC(CN)C(=O)Nc1ccc(O)c(Cl)c1. The molecule has 0 bridgehead atoms. The monoisotopic (exact) mass is 242 g/mol. The summed E-state index contributed by atoms with van der Waals surface area (Å²) < 4.78 is 0. The van der Waals surface area contributed by atoms with Gasteiger partial charge in [0.25, 0.3) is 0 Å². The maximum atomic E-state index is 11.7. The van der Waals surface area contributed by atoms with Crippen molar-refractivity contribution in [3.05, 3.63) is 23.2 Å². The molecule has 4 nitrogen and oxygen atoms in total. The van der Waals surface area contributed by atoms with Crippen molar-refractivity contribution in [2.45, 2.75) is 13.3 Å². The van der Waals surface area contributed by atoms with Crippen molar-refractivity contribution >= 4 is 23.2 Å². The molecule has 1 aromatic rings. The van der Waals surface area contributed by atoms with Crippen LogP contribution in [0.25, 0.3) is 0 Å². The zero-order chi connectivity index (χ0) is 12.1. The Kier molecular flexibility index (Phi) is 4.58. The predicted octanol–water partition coefficient (Wildman–Crippen LogP) is 1.97. The minimum atomic E-state index is -0.201. The second kappa shape index (κ2) is 5.72. The Bertz CT molecular complexity index is 378. The van der Waals surface area contributed by atoms with Gasteiger partial charge in [-0.2, -0.15) is 0 Å². The smallest absolute Gasteiger partial charge is 0.228 e. The summed E-state index contributed by atoms with van der Waals surface area (Å²) in [7, 11) is 0. The van der Waals surface area contributed by atoms with E-state index in [9.17, 15) is 9.90 Å². The lowest BCUT2D eigenvalue weighted by molar-refractivity contribution is -0.119. The van der Waals surface area contributed by atoms with Crippen molar-refractivity contribution < 1.29 is 9.90 Å². The van der Waals surface area contributed by atoms with Crippen LogP contribution in [0.3, 0.4) is 0 Å². The summed E-state index contributed by atoms with van der Waals surface area (Å²) in [4.78, 5) is 11.7. The Morgan fingerprint density at radius 2 is 2.31 bits per heavy atom. The van der Waals surface area contributed by atoms with Gasteiger partial charge in [-0.05, 0) is 24.6 Å². The molecular weight excluding hydrogens is 228 g/mol. The normalized spacial score (nSPS) is 12.2. The first-order chi connectivity index (χ1) is 7.58. The molecule has 0 aromatic heterocycles. The van der Waals surface area contributed by atoms with Crippen LogP contribution in [0.1, 0.15) is 13.3 Å². The highest BCUT2D eigenvalue weighted by Gasteiger charge is 2.14.